The minimum absolute atomic E-state index is 0.0460. The Morgan fingerprint density at radius 2 is 2.16 bits per heavy atom. The molecular formula is C15H23NO3. The first-order valence-electron chi connectivity index (χ1n) is 6.71. The number of carbonyl (C=O) groups excluding carboxylic acids is 1. The van der Waals surface area contributed by atoms with Crippen molar-refractivity contribution < 1.29 is 14.3 Å². The summed E-state index contributed by atoms with van der Waals surface area (Å²) in [5, 5.41) is 2.90. The van der Waals surface area contributed by atoms with E-state index in [1.54, 1.807) is 7.11 Å². The van der Waals surface area contributed by atoms with Crippen LogP contribution < -0.4 is 5.32 Å². The largest absolute Gasteiger partial charge is 0.385 e. The van der Waals surface area contributed by atoms with E-state index in [9.17, 15) is 4.79 Å². The molecule has 0 bridgehead atoms. The van der Waals surface area contributed by atoms with Gasteiger partial charge in [0, 0.05) is 32.4 Å². The number of ether oxygens (including phenoxy) is 2. The Kier molecular flexibility index (Phi) is 7.86. The van der Waals surface area contributed by atoms with Gasteiger partial charge in [-0.3, -0.25) is 4.79 Å². The Bertz CT molecular complexity index is 379. The lowest BCUT2D eigenvalue weighted by atomic mass is 10.2. The Balaban J connectivity index is 2.36. The van der Waals surface area contributed by atoms with E-state index < -0.39 is 0 Å². The maximum atomic E-state index is 11.7. The summed E-state index contributed by atoms with van der Waals surface area (Å²) in [5.41, 5.74) is 1.90. The van der Waals surface area contributed by atoms with E-state index in [1.165, 1.54) is 0 Å². The number of nitrogens with one attached hydrogen (secondary N) is 1. The van der Waals surface area contributed by atoms with E-state index >= 15 is 0 Å². The topological polar surface area (TPSA) is 47.6 Å². The average molecular weight is 265 g/mol. The monoisotopic (exact) mass is 265 g/mol. The van der Waals surface area contributed by atoms with Gasteiger partial charge in [-0.15, -0.1) is 0 Å². The Labute approximate surface area is 115 Å². The SMILES string of the molecule is CCOCc1cccc(NC(=O)CCCCOC)c1. The van der Waals surface area contributed by atoms with Gasteiger partial charge in [-0.25, -0.2) is 0 Å². The van der Waals surface area contributed by atoms with Gasteiger partial charge in [0.25, 0.3) is 0 Å². The van der Waals surface area contributed by atoms with Crippen LogP contribution in [0, 0.1) is 0 Å². The van der Waals surface area contributed by atoms with Gasteiger partial charge in [0.05, 0.1) is 6.61 Å². The summed E-state index contributed by atoms with van der Waals surface area (Å²) in [6.07, 6.45) is 2.28. The lowest BCUT2D eigenvalue weighted by Gasteiger charge is -2.07. The molecule has 1 rings (SSSR count). The van der Waals surface area contributed by atoms with Crippen molar-refractivity contribution in [1.29, 1.82) is 0 Å². The molecule has 0 fully saturated rings. The van der Waals surface area contributed by atoms with Crippen molar-refractivity contribution in [3.8, 4) is 0 Å². The zero-order valence-electron chi connectivity index (χ0n) is 11.8. The first kappa shape index (κ1) is 15.7. The molecule has 0 saturated carbocycles. The van der Waals surface area contributed by atoms with Crippen molar-refractivity contribution in [2.75, 3.05) is 25.6 Å². The second-order valence-corrected chi connectivity index (χ2v) is 4.34. The van der Waals surface area contributed by atoms with E-state index in [-0.39, 0.29) is 5.91 Å². The highest BCUT2D eigenvalue weighted by molar-refractivity contribution is 5.90. The summed E-state index contributed by atoms with van der Waals surface area (Å²) in [7, 11) is 1.67. The standard InChI is InChI=1S/C15H23NO3/c1-3-19-12-13-7-6-8-14(11-13)16-15(17)9-4-5-10-18-2/h6-8,11H,3-5,9-10,12H2,1-2H3,(H,16,17). The van der Waals surface area contributed by atoms with Crippen LogP contribution in [0.2, 0.25) is 0 Å². The van der Waals surface area contributed by atoms with E-state index in [2.05, 4.69) is 5.32 Å². The molecule has 19 heavy (non-hydrogen) atoms. The quantitative estimate of drug-likeness (QED) is 0.698. The summed E-state index contributed by atoms with van der Waals surface area (Å²) in [5.74, 6) is 0.0460. The van der Waals surface area contributed by atoms with Crippen LogP contribution in [0.5, 0.6) is 0 Å². The predicted molar refractivity (Wildman–Crippen MR) is 76.1 cm³/mol. The van der Waals surface area contributed by atoms with Crippen LogP contribution in [-0.2, 0) is 20.9 Å². The molecule has 4 heteroatoms. The number of hydrogen-bond acceptors (Lipinski definition) is 3. The molecule has 106 valence electrons. The third kappa shape index (κ3) is 6.94. The van der Waals surface area contributed by atoms with Crippen molar-refractivity contribution in [1.82, 2.24) is 0 Å². The maximum absolute atomic E-state index is 11.7. The van der Waals surface area contributed by atoms with Crippen molar-refractivity contribution in [2.24, 2.45) is 0 Å². The van der Waals surface area contributed by atoms with Crippen LogP contribution in [0.15, 0.2) is 24.3 Å². The maximum Gasteiger partial charge on any atom is 0.224 e. The van der Waals surface area contributed by atoms with Gasteiger partial charge in [-0.05, 0) is 37.5 Å². The number of carbonyl (C=O) groups is 1. The van der Waals surface area contributed by atoms with Gasteiger partial charge in [0.15, 0.2) is 0 Å². The molecule has 1 aromatic carbocycles. The number of amides is 1. The van der Waals surface area contributed by atoms with E-state index in [0.717, 1.165) is 24.1 Å². The minimum Gasteiger partial charge on any atom is -0.385 e. The number of unbranched alkanes of at least 4 members (excludes halogenated alkanes) is 1. The average Bonchev–Trinajstić information content (AvgIpc) is 2.42. The van der Waals surface area contributed by atoms with Crippen molar-refractivity contribution in [2.45, 2.75) is 32.8 Å². The molecule has 0 spiro atoms. The molecule has 0 aliphatic rings. The zero-order chi connectivity index (χ0) is 13.9. The number of hydrogen-bond donors (Lipinski definition) is 1. The fraction of sp³-hybridized carbons (Fsp3) is 0.533. The van der Waals surface area contributed by atoms with Crippen LogP contribution in [0.3, 0.4) is 0 Å². The molecule has 1 amide bonds. The second kappa shape index (κ2) is 9.53. The third-order valence-electron chi connectivity index (χ3n) is 2.69. The smallest absolute Gasteiger partial charge is 0.224 e. The van der Waals surface area contributed by atoms with Gasteiger partial charge in [0.2, 0.25) is 5.91 Å². The minimum atomic E-state index is 0.0460. The number of rotatable bonds is 9. The van der Waals surface area contributed by atoms with Crippen LogP contribution in [0.1, 0.15) is 31.7 Å². The Morgan fingerprint density at radius 3 is 2.89 bits per heavy atom. The molecule has 1 N–H and O–H groups in total. The van der Waals surface area contributed by atoms with E-state index in [0.29, 0.717) is 26.2 Å². The molecule has 0 unspecified atom stereocenters. The van der Waals surface area contributed by atoms with Gasteiger partial charge < -0.3 is 14.8 Å². The summed E-state index contributed by atoms with van der Waals surface area (Å²) in [6.45, 7) is 3.94. The number of benzene rings is 1. The highest BCUT2D eigenvalue weighted by Crippen LogP contribution is 2.12. The molecule has 0 aliphatic carbocycles. The summed E-state index contributed by atoms with van der Waals surface area (Å²) in [4.78, 5) is 11.7. The van der Waals surface area contributed by atoms with Crippen LogP contribution in [0.4, 0.5) is 5.69 Å². The zero-order valence-corrected chi connectivity index (χ0v) is 11.8. The summed E-state index contributed by atoms with van der Waals surface area (Å²) in [6, 6.07) is 7.75. The number of anilines is 1. The molecule has 0 heterocycles. The number of methoxy groups -OCH3 is 1. The molecule has 0 saturated heterocycles. The predicted octanol–water partition coefficient (Wildman–Crippen LogP) is 2.98. The highest BCUT2D eigenvalue weighted by Gasteiger charge is 2.03. The lowest BCUT2D eigenvalue weighted by molar-refractivity contribution is -0.116. The van der Waals surface area contributed by atoms with Crippen LogP contribution in [0.25, 0.3) is 0 Å². The molecule has 0 aliphatic heterocycles. The molecule has 0 atom stereocenters. The Hall–Kier alpha value is -1.39. The molecule has 0 aromatic heterocycles. The first-order valence-corrected chi connectivity index (χ1v) is 6.71. The van der Waals surface area contributed by atoms with Gasteiger partial charge in [0.1, 0.15) is 0 Å². The van der Waals surface area contributed by atoms with E-state index in [4.69, 9.17) is 9.47 Å². The molecular weight excluding hydrogens is 242 g/mol. The fourth-order valence-electron chi connectivity index (χ4n) is 1.71. The normalized spacial score (nSPS) is 10.4. The van der Waals surface area contributed by atoms with Crippen molar-refractivity contribution >= 4 is 11.6 Å². The third-order valence-corrected chi connectivity index (χ3v) is 2.69. The molecule has 4 nitrogen and oxygen atoms in total. The second-order valence-electron chi connectivity index (χ2n) is 4.34. The van der Waals surface area contributed by atoms with Gasteiger partial charge in [-0.2, -0.15) is 0 Å². The van der Waals surface area contributed by atoms with E-state index in [1.807, 2.05) is 31.2 Å². The lowest BCUT2D eigenvalue weighted by Crippen LogP contribution is -2.11. The molecule has 0 radical (unpaired) electrons. The fourth-order valence-corrected chi connectivity index (χ4v) is 1.71. The first-order chi connectivity index (χ1) is 9.26. The summed E-state index contributed by atoms with van der Waals surface area (Å²) >= 11 is 0. The van der Waals surface area contributed by atoms with Crippen LogP contribution >= 0.6 is 0 Å². The van der Waals surface area contributed by atoms with Crippen molar-refractivity contribution in [3.63, 3.8) is 0 Å². The highest BCUT2D eigenvalue weighted by atomic mass is 16.5. The van der Waals surface area contributed by atoms with Crippen LogP contribution in [-0.4, -0.2) is 26.2 Å². The molecule has 1 aromatic rings. The Morgan fingerprint density at radius 1 is 1.32 bits per heavy atom. The summed E-state index contributed by atoms with van der Waals surface area (Å²) < 4.78 is 10.3. The van der Waals surface area contributed by atoms with Gasteiger partial charge in [-0.1, -0.05) is 12.1 Å². The van der Waals surface area contributed by atoms with Gasteiger partial charge >= 0.3 is 0 Å². The van der Waals surface area contributed by atoms with Crippen molar-refractivity contribution in [3.05, 3.63) is 29.8 Å².